The lowest BCUT2D eigenvalue weighted by molar-refractivity contribution is 0.0694. The molecule has 1 N–H and O–H groups in total. The fourth-order valence-corrected chi connectivity index (χ4v) is 2.30. The molecule has 21 heavy (non-hydrogen) atoms. The summed E-state index contributed by atoms with van der Waals surface area (Å²) in [5, 5.41) is 9.99. The second kappa shape index (κ2) is 5.20. The van der Waals surface area contributed by atoms with E-state index >= 15 is 0 Å². The van der Waals surface area contributed by atoms with Gasteiger partial charge in [-0.3, -0.25) is 9.78 Å². The van der Waals surface area contributed by atoms with Gasteiger partial charge in [0, 0.05) is 17.8 Å². The summed E-state index contributed by atoms with van der Waals surface area (Å²) in [7, 11) is 0. The lowest BCUT2D eigenvalue weighted by Gasteiger charge is -2.09. The molecule has 3 aromatic rings. The van der Waals surface area contributed by atoms with Gasteiger partial charge in [-0.1, -0.05) is 24.3 Å². The van der Waals surface area contributed by atoms with Gasteiger partial charge in [0.25, 0.3) is 5.56 Å². The van der Waals surface area contributed by atoms with Crippen LogP contribution in [0.4, 0.5) is 0 Å². The minimum absolute atomic E-state index is 0.231. The molecule has 0 radical (unpaired) electrons. The van der Waals surface area contributed by atoms with Crippen molar-refractivity contribution in [1.82, 2.24) is 9.55 Å². The maximum absolute atomic E-state index is 12.1. The van der Waals surface area contributed by atoms with Gasteiger partial charge in [0.05, 0.1) is 12.1 Å². The Morgan fingerprint density at radius 2 is 1.95 bits per heavy atom. The van der Waals surface area contributed by atoms with E-state index in [1.807, 2.05) is 30.3 Å². The highest BCUT2D eigenvalue weighted by Crippen LogP contribution is 2.16. The van der Waals surface area contributed by atoms with Crippen molar-refractivity contribution in [1.29, 1.82) is 0 Å². The third-order valence-electron chi connectivity index (χ3n) is 3.31. The first-order chi connectivity index (χ1) is 10.2. The minimum Gasteiger partial charge on any atom is -0.477 e. The van der Waals surface area contributed by atoms with E-state index in [2.05, 4.69) is 4.98 Å². The van der Waals surface area contributed by atoms with E-state index in [9.17, 15) is 9.59 Å². The Labute approximate surface area is 120 Å². The van der Waals surface area contributed by atoms with Crippen LogP contribution in [0, 0.1) is 0 Å². The predicted octanol–water partition coefficient (Wildman–Crippen LogP) is 2.14. The zero-order chi connectivity index (χ0) is 14.8. The molecule has 0 unspecified atom stereocenters. The average molecular weight is 280 g/mol. The van der Waals surface area contributed by atoms with Crippen LogP contribution in [-0.2, 0) is 6.54 Å². The summed E-state index contributed by atoms with van der Waals surface area (Å²) in [5.74, 6) is -1.22. The van der Waals surface area contributed by atoms with Crippen LogP contribution in [0.15, 0.2) is 59.7 Å². The van der Waals surface area contributed by atoms with Gasteiger partial charge in [-0.15, -0.1) is 0 Å². The third-order valence-corrected chi connectivity index (χ3v) is 3.31. The van der Waals surface area contributed by atoms with E-state index in [4.69, 9.17) is 5.11 Å². The molecule has 5 heteroatoms. The largest absolute Gasteiger partial charge is 0.477 e. The molecule has 0 amide bonds. The van der Waals surface area contributed by atoms with E-state index in [0.29, 0.717) is 0 Å². The summed E-state index contributed by atoms with van der Waals surface area (Å²) >= 11 is 0. The van der Waals surface area contributed by atoms with Crippen LogP contribution >= 0.6 is 0 Å². The smallest absolute Gasteiger partial charge is 0.341 e. The number of hydrogen-bond donors (Lipinski definition) is 1. The van der Waals surface area contributed by atoms with E-state index in [-0.39, 0.29) is 12.1 Å². The summed E-state index contributed by atoms with van der Waals surface area (Å²) in [6, 6.07) is 12.4. The van der Waals surface area contributed by atoms with Crippen LogP contribution in [0.2, 0.25) is 0 Å². The predicted molar refractivity (Wildman–Crippen MR) is 78.5 cm³/mol. The maximum Gasteiger partial charge on any atom is 0.341 e. The number of nitrogens with zero attached hydrogens (tertiary/aromatic N) is 2. The normalized spacial score (nSPS) is 10.7. The summed E-state index contributed by atoms with van der Waals surface area (Å²) < 4.78 is 1.38. The Morgan fingerprint density at radius 3 is 2.76 bits per heavy atom. The molecule has 104 valence electrons. The number of carbonyl (C=O) groups is 1. The van der Waals surface area contributed by atoms with E-state index < -0.39 is 11.5 Å². The zero-order valence-corrected chi connectivity index (χ0v) is 11.1. The van der Waals surface area contributed by atoms with Crippen molar-refractivity contribution in [3.63, 3.8) is 0 Å². The second-order valence-electron chi connectivity index (χ2n) is 4.65. The molecule has 0 fully saturated rings. The first-order valence-electron chi connectivity index (χ1n) is 6.42. The molecule has 2 aromatic heterocycles. The van der Waals surface area contributed by atoms with Gasteiger partial charge in [-0.25, -0.2) is 4.79 Å². The quantitative estimate of drug-likeness (QED) is 0.797. The Balaban J connectivity index is 2.10. The second-order valence-corrected chi connectivity index (χ2v) is 4.65. The summed E-state index contributed by atoms with van der Waals surface area (Å²) in [4.78, 5) is 27.5. The number of aromatic carboxylic acids is 1. The number of para-hydroxylation sites is 1. The topological polar surface area (TPSA) is 72.2 Å². The molecule has 3 rings (SSSR count). The Kier molecular flexibility index (Phi) is 3.23. The standard InChI is InChI=1S/C16H12N2O3/c19-15-13(16(20)21)7-3-9-18(15)10-12-5-1-4-11-6-2-8-17-14(11)12/h1-9H,10H2,(H,20,21). The molecule has 0 saturated carbocycles. The number of fused-ring (bicyclic) bond motifs is 1. The molecule has 0 aliphatic heterocycles. The molecule has 0 aliphatic rings. The van der Waals surface area contributed by atoms with Crippen molar-refractivity contribution in [3.8, 4) is 0 Å². The lowest BCUT2D eigenvalue weighted by atomic mass is 10.1. The highest BCUT2D eigenvalue weighted by Gasteiger charge is 2.11. The van der Waals surface area contributed by atoms with Crippen LogP contribution in [-0.4, -0.2) is 20.6 Å². The Morgan fingerprint density at radius 1 is 1.14 bits per heavy atom. The fourth-order valence-electron chi connectivity index (χ4n) is 2.30. The number of carboxylic acid groups (broad SMARTS) is 1. The highest BCUT2D eigenvalue weighted by molar-refractivity contribution is 5.87. The number of rotatable bonds is 3. The highest BCUT2D eigenvalue weighted by atomic mass is 16.4. The minimum atomic E-state index is -1.22. The number of pyridine rings is 2. The molecular formula is C16H12N2O3. The average Bonchev–Trinajstić information content (AvgIpc) is 2.49. The van der Waals surface area contributed by atoms with Gasteiger partial charge in [0.1, 0.15) is 5.56 Å². The molecule has 5 nitrogen and oxygen atoms in total. The molecule has 0 spiro atoms. The third kappa shape index (κ3) is 2.41. The lowest BCUT2D eigenvalue weighted by Crippen LogP contribution is -2.26. The van der Waals surface area contributed by atoms with Crippen molar-refractivity contribution in [2.24, 2.45) is 0 Å². The number of benzene rings is 1. The van der Waals surface area contributed by atoms with Crippen molar-refractivity contribution < 1.29 is 9.90 Å². The summed E-state index contributed by atoms with van der Waals surface area (Å²) in [6.07, 6.45) is 3.28. The van der Waals surface area contributed by atoms with Crippen LogP contribution < -0.4 is 5.56 Å². The van der Waals surface area contributed by atoms with E-state index in [0.717, 1.165) is 16.5 Å². The van der Waals surface area contributed by atoms with Gasteiger partial charge in [0.15, 0.2) is 0 Å². The fraction of sp³-hybridized carbons (Fsp3) is 0.0625. The molecule has 0 saturated heterocycles. The molecule has 0 aliphatic carbocycles. The Bertz CT molecular complexity index is 879. The first-order valence-corrected chi connectivity index (χ1v) is 6.42. The zero-order valence-electron chi connectivity index (χ0n) is 11.1. The number of carboxylic acids is 1. The number of aromatic nitrogens is 2. The van der Waals surface area contributed by atoms with Crippen LogP contribution in [0.5, 0.6) is 0 Å². The maximum atomic E-state index is 12.1. The van der Waals surface area contributed by atoms with Crippen molar-refractivity contribution in [3.05, 3.63) is 76.3 Å². The van der Waals surface area contributed by atoms with Crippen molar-refractivity contribution in [2.75, 3.05) is 0 Å². The molecular weight excluding hydrogens is 268 g/mol. The van der Waals surface area contributed by atoms with Crippen LogP contribution in [0.25, 0.3) is 10.9 Å². The monoisotopic (exact) mass is 280 g/mol. The summed E-state index contributed by atoms with van der Waals surface area (Å²) in [6.45, 7) is 0.286. The van der Waals surface area contributed by atoms with Gasteiger partial charge in [-0.2, -0.15) is 0 Å². The van der Waals surface area contributed by atoms with E-state index in [1.165, 1.54) is 10.6 Å². The van der Waals surface area contributed by atoms with Crippen molar-refractivity contribution >= 4 is 16.9 Å². The first kappa shape index (κ1) is 13.1. The molecule has 1 aromatic carbocycles. The van der Waals surface area contributed by atoms with Gasteiger partial charge in [-0.05, 0) is 23.8 Å². The summed E-state index contributed by atoms with van der Waals surface area (Å²) in [5.41, 5.74) is 0.939. The van der Waals surface area contributed by atoms with Crippen molar-refractivity contribution in [2.45, 2.75) is 6.54 Å². The van der Waals surface area contributed by atoms with Gasteiger partial charge < -0.3 is 9.67 Å². The SMILES string of the molecule is O=C(O)c1cccn(Cc2cccc3cccnc23)c1=O. The van der Waals surface area contributed by atoms with Gasteiger partial charge >= 0.3 is 5.97 Å². The number of hydrogen-bond acceptors (Lipinski definition) is 3. The molecule has 2 heterocycles. The van der Waals surface area contributed by atoms with Crippen LogP contribution in [0.1, 0.15) is 15.9 Å². The van der Waals surface area contributed by atoms with Gasteiger partial charge in [0.2, 0.25) is 0 Å². The molecule has 0 bridgehead atoms. The van der Waals surface area contributed by atoms with Crippen LogP contribution in [0.3, 0.4) is 0 Å². The Hall–Kier alpha value is -2.95. The molecule has 0 atom stereocenters. The van der Waals surface area contributed by atoms with E-state index in [1.54, 1.807) is 18.5 Å².